The summed E-state index contributed by atoms with van der Waals surface area (Å²) in [5.74, 6) is 0.446. The van der Waals surface area contributed by atoms with Gasteiger partial charge in [0.15, 0.2) is 0 Å². The van der Waals surface area contributed by atoms with Gasteiger partial charge in [0.2, 0.25) is 0 Å². The Hall–Kier alpha value is -0.610. The lowest BCUT2D eigenvalue weighted by atomic mass is 9.93. The molecule has 16 heavy (non-hydrogen) atoms. The van der Waals surface area contributed by atoms with Crippen LogP contribution in [-0.2, 0) is 4.74 Å². The molecule has 1 heterocycles. The Labute approximate surface area is 98.3 Å². The van der Waals surface area contributed by atoms with Gasteiger partial charge in [0.1, 0.15) is 0 Å². The highest BCUT2D eigenvalue weighted by Gasteiger charge is 2.24. The van der Waals surface area contributed by atoms with Crippen LogP contribution in [0.5, 0.6) is 0 Å². The number of ether oxygens (including phenoxy) is 1. The molecule has 4 heteroatoms. The van der Waals surface area contributed by atoms with Gasteiger partial charge in [-0.25, -0.2) is 0 Å². The summed E-state index contributed by atoms with van der Waals surface area (Å²) in [7, 11) is 1.75. The Kier molecular flexibility index (Phi) is 6.42. The SMILES string of the molecule is CCC1CN(CCCCOC)CCC1=NO. The normalized spacial score (nSPS) is 25.1. The third-order valence-corrected chi connectivity index (χ3v) is 3.33. The molecule has 94 valence electrons. The van der Waals surface area contributed by atoms with Gasteiger partial charge in [-0.3, -0.25) is 0 Å². The van der Waals surface area contributed by atoms with Crippen molar-refractivity contribution in [3.05, 3.63) is 0 Å². The molecular formula is C12H24N2O2. The number of unbranched alkanes of at least 4 members (excludes halogenated alkanes) is 1. The van der Waals surface area contributed by atoms with Gasteiger partial charge in [-0.1, -0.05) is 12.1 Å². The zero-order valence-electron chi connectivity index (χ0n) is 10.5. The molecule has 1 N–H and O–H groups in total. The fraction of sp³-hybridized carbons (Fsp3) is 0.917. The predicted octanol–water partition coefficient (Wildman–Crippen LogP) is 1.98. The summed E-state index contributed by atoms with van der Waals surface area (Å²) in [6, 6.07) is 0. The van der Waals surface area contributed by atoms with Crippen molar-refractivity contribution in [3.8, 4) is 0 Å². The van der Waals surface area contributed by atoms with Gasteiger partial charge < -0.3 is 14.8 Å². The Morgan fingerprint density at radius 1 is 1.50 bits per heavy atom. The Bertz CT molecular complexity index is 219. The van der Waals surface area contributed by atoms with Gasteiger partial charge in [-0.2, -0.15) is 0 Å². The summed E-state index contributed by atoms with van der Waals surface area (Å²) in [6.45, 7) is 6.23. The maximum atomic E-state index is 8.88. The summed E-state index contributed by atoms with van der Waals surface area (Å²) in [5, 5.41) is 12.3. The van der Waals surface area contributed by atoms with E-state index in [0.29, 0.717) is 5.92 Å². The molecule has 0 saturated carbocycles. The van der Waals surface area contributed by atoms with Gasteiger partial charge in [-0.05, 0) is 25.8 Å². The average molecular weight is 228 g/mol. The first-order valence-corrected chi connectivity index (χ1v) is 6.24. The van der Waals surface area contributed by atoms with Gasteiger partial charge in [0, 0.05) is 39.1 Å². The molecule has 0 aromatic carbocycles. The highest BCUT2D eigenvalue weighted by Crippen LogP contribution is 2.17. The predicted molar refractivity (Wildman–Crippen MR) is 65.2 cm³/mol. The quantitative estimate of drug-likeness (QED) is 0.429. The van der Waals surface area contributed by atoms with Gasteiger partial charge in [-0.15, -0.1) is 0 Å². The molecule has 0 amide bonds. The van der Waals surface area contributed by atoms with Gasteiger partial charge >= 0.3 is 0 Å². The van der Waals surface area contributed by atoms with Gasteiger partial charge in [0.05, 0.1) is 5.71 Å². The van der Waals surface area contributed by atoms with E-state index in [-0.39, 0.29) is 0 Å². The van der Waals surface area contributed by atoms with Crippen LogP contribution in [0.25, 0.3) is 0 Å². The van der Waals surface area contributed by atoms with Crippen molar-refractivity contribution in [2.75, 3.05) is 33.4 Å². The van der Waals surface area contributed by atoms with Crippen LogP contribution in [0.15, 0.2) is 5.16 Å². The zero-order chi connectivity index (χ0) is 11.8. The molecular weight excluding hydrogens is 204 g/mol. The molecule has 0 aromatic heterocycles. The van der Waals surface area contributed by atoms with E-state index in [9.17, 15) is 0 Å². The number of nitrogens with zero attached hydrogens (tertiary/aromatic N) is 2. The molecule has 0 bridgehead atoms. The highest BCUT2D eigenvalue weighted by molar-refractivity contribution is 5.87. The van der Waals surface area contributed by atoms with Crippen LogP contribution in [0.4, 0.5) is 0 Å². The third-order valence-electron chi connectivity index (χ3n) is 3.33. The van der Waals surface area contributed by atoms with Crippen molar-refractivity contribution in [1.29, 1.82) is 0 Å². The third kappa shape index (κ3) is 4.10. The van der Waals surface area contributed by atoms with Crippen LogP contribution in [0.1, 0.15) is 32.6 Å². The van der Waals surface area contributed by atoms with Crippen molar-refractivity contribution in [1.82, 2.24) is 4.90 Å². The van der Waals surface area contributed by atoms with E-state index in [1.807, 2.05) is 0 Å². The standard InChI is InChI=1S/C12H24N2O2/c1-3-11-10-14(7-4-5-9-16-2)8-6-12(11)13-15/h11,15H,3-10H2,1-2H3. The number of rotatable bonds is 6. The van der Waals surface area contributed by atoms with E-state index < -0.39 is 0 Å². The second kappa shape index (κ2) is 7.63. The molecule has 1 aliphatic heterocycles. The fourth-order valence-electron chi connectivity index (χ4n) is 2.27. The first kappa shape index (κ1) is 13.5. The fourth-order valence-corrected chi connectivity index (χ4v) is 2.27. The number of oxime groups is 1. The lowest BCUT2D eigenvalue weighted by Crippen LogP contribution is -2.41. The Morgan fingerprint density at radius 3 is 2.94 bits per heavy atom. The number of hydrogen-bond donors (Lipinski definition) is 1. The number of piperidine rings is 1. The minimum Gasteiger partial charge on any atom is -0.411 e. The van der Waals surface area contributed by atoms with Crippen molar-refractivity contribution in [2.45, 2.75) is 32.6 Å². The molecule has 1 atom stereocenters. The first-order chi connectivity index (χ1) is 7.81. The number of likely N-dealkylation sites (tertiary alicyclic amines) is 1. The highest BCUT2D eigenvalue weighted by atomic mass is 16.5. The van der Waals surface area contributed by atoms with E-state index in [2.05, 4.69) is 17.0 Å². The molecule has 4 nitrogen and oxygen atoms in total. The second-order valence-corrected chi connectivity index (χ2v) is 4.45. The monoisotopic (exact) mass is 228 g/mol. The van der Waals surface area contributed by atoms with Crippen LogP contribution < -0.4 is 0 Å². The van der Waals surface area contributed by atoms with Crippen molar-refractivity contribution in [3.63, 3.8) is 0 Å². The minimum absolute atomic E-state index is 0.446. The second-order valence-electron chi connectivity index (χ2n) is 4.45. The molecule has 0 spiro atoms. The van der Waals surface area contributed by atoms with Crippen LogP contribution >= 0.6 is 0 Å². The number of hydrogen-bond acceptors (Lipinski definition) is 4. The summed E-state index contributed by atoms with van der Waals surface area (Å²) >= 11 is 0. The van der Waals surface area contributed by atoms with E-state index in [4.69, 9.17) is 9.94 Å². The summed E-state index contributed by atoms with van der Waals surface area (Å²) < 4.78 is 5.04. The average Bonchev–Trinajstić information content (AvgIpc) is 2.34. The smallest absolute Gasteiger partial charge is 0.0627 e. The Morgan fingerprint density at radius 2 is 2.31 bits per heavy atom. The molecule has 0 radical (unpaired) electrons. The minimum atomic E-state index is 0.446. The molecule has 1 fully saturated rings. The first-order valence-electron chi connectivity index (χ1n) is 6.24. The van der Waals surface area contributed by atoms with Crippen LogP contribution in [0.2, 0.25) is 0 Å². The molecule has 1 aliphatic rings. The lowest BCUT2D eigenvalue weighted by molar-refractivity contribution is 0.178. The summed E-state index contributed by atoms with van der Waals surface area (Å²) in [6.07, 6.45) is 4.30. The zero-order valence-corrected chi connectivity index (χ0v) is 10.5. The topological polar surface area (TPSA) is 45.1 Å². The molecule has 0 aliphatic carbocycles. The largest absolute Gasteiger partial charge is 0.411 e. The van der Waals surface area contributed by atoms with E-state index in [0.717, 1.165) is 51.2 Å². The Balaban J connectivity index is 2.25. The molecule has 1 rings (SSSR count). The molecule has 1 saturated heterocycles. The lowest BCUT2D eigenvalue weighted by Gasteiger charge is -2.32. The van der Waals surface area contributed by atoms with Crippen LogP contribution in [0.3, 0.4) is 0 Å². The summed E-state index contributed by atoms with van der Waals surface area (Å²) in [4.78, 5) is 2.47. The number of methoxy groups -OCH3 is 1. The van der Waals surface area contributed by atoms with Crippen molar-refractivity contribution >= 4 is 5.71 Å². The van der Waals surface area contributed by atoms with Crippen LogP contribution in [-0.4, -0.2) is 49.2 Å². The summed E-state index contributed by atoms with van der Waals surface area (Å²) in [5.41, 5.74) is 0.982. The van der Waals surface area contributed by atoms with Crippen LogP contribution in [0, 0.1) is 5.92 Å². The van der Waals surface area contributed by atoms with E-state index in [1.54, 1.807) is 7.11 Å². The maximum absolute atomic E-state index is 8.88. The van der Waals surface area contributed by atoms with Gasteiger partial charge in [0.25, 0.3) is 0 Å². The van der Waals surface area contributed by atoms with Crippen molar-refractivity contribution < 1.29 is 9.94 Å². The van der Waals surface area contributed by atoms with Crippen molar-refractivity contribution in [2.24, 2.45) is 11.1 Å². The molecule has 1 unspecified atom stereocenters. The van der Waals surface area contributed by atoms with E-state index >= 15 is 0 Å². The maximum Gasteiger partial charge on any atom is 0.0627 e. The molecule has 0 aromatic rings. The van der Waals surface area contributed by atoms with E-state index in [1.165, 1.54) is 6.42 Å².